The van der Waals surface area contributed by atoms with Crippen LogP contribution in [0.4, 0.5) is 4.79 Å². The van der Waals surface area contributed by atoms with Crippen LogP contribution in [-0.2, 0) is 9.47 Å². The van der Waals surface area contributed by atoms with Crippen LogP contribution in [0.3, 0.4) is 0 Å². The topological polar surface area (TPSA) is 78.4 Å². The molecule has 0 saturated carbocycles. The summed E-state index contributed by atoms with van der Waals surface area (Å²) in [5.74, 6) is 1.28. The van der Waals surface area contributed by atoms with E-state index in [0.29, 0.717) is 31.6 Å². The molecule has 0 aromatic heterocycles. The number of ether oxygens (including phenoxy) is 2. The quantitative estimate of drug-likeness (QED) is 0.287. The average molecular weight is 527 g/mol. The first-order valence-electron chi connectivity index (χ1n) is 10.4. The van der Waals surface area contributed by atoms with E-state index in [0.717, 1.165) is 38.8 Å². The smallest absolute Gasteiger partial charge is 0.410 e. The molecule has 0 bridgehead atoms. The number of aliphatic imine (C=N–C) groups is 1. The van der Waals surface area contributed by atoms with E-state index in [9.17, 15) is 4.79 Å². The Kier molecular flexibility index (Phi) is 13.8. The monoisotopic (exact) mass is 527 g/mol. The number of carbonyl (C=O) groups excluding carboxylic acids is 1. The molecule has 172 valence electrons. The average Bonchev–Trinajstić information content (AvgIpc) is 2.62. The summed E-state index contributed by atoms with van der Waals surface area (Å²) >= 11 is 0. The molecule has 1 saturated heterocycles. The third-order valence-electron chi connectivity index (χ3n) is 4.69. The lowest BCUT2D eigenvalue weighted by atomic mass is 10.0. The second-order valence-corrected chi connectivity index (χ2v) is 8.40. The fraction of sp³-hybridized carbons (Fsp3) is 0.900. The van der Waals surface area contributed by atoms with Crippen LogP contribution in [0.1, 0.15) is 41.5 Å². The minimum Gasteiger partial charge on any atom is -0.444 e. The molecule has 1 rings (SSSR count). The number of nitrogens with zero attached hydrogens (tertiary/aromatic N) is 3. The normalized spacial score (nSPS) is 16.8. The molecular formula is C20H42IN5O3. The van der Waals surface area contributed by atoms with Crippen molar-refractivity contribution in [3.63, 3.8) is 0 Å². The van der Waals surface area contributed by atoms with Gasteiger partial charge < -0.3 is 25.0 Å². The van der Waals surface area contributed by atoms with Gasteiger partial charge in [-0.3, -0.25) is 9.89 Å². The molecule has 8 nitrogen and oxygen atoms in total. The van der Waals surface area contributed by atoms with Crippen molar-refractivity contribution in [1.29, 1.82) is 0 Å². The Balaban J connectivity index is 0.00000784. The number of rotatable bonds is 8. The van der Waals surface area contributed by atoms with Crippen LogP contribution < -0.4 is 10.6 Å². The zero-order valence-corrected chi connectivity index (χ0v) is 21.6. The fourth-order valence-corrected chi connectivity index (χ4v) is 3.13. The number of likely N-dealkylation sites (N-methyl/N-ethyl adjacent to an activating group) is 1. The molecule has 1 atom stereocenters. The Morgan fingerprint density at radius 3 is 2.34 bits per heavy atom. The lowest BCUT2D eigenvalue weighted by Gasteiger charge is -2.37. The Morgan fingerprint density at radius 2 is 1.86 bits per heavy atom. The van der Waals surface area contributed by atoms with E-state index >= 15 is 0 Å². The summed E-state index contributed by atoms with van der Waals surface area (Å²) in [4.78, 5) is 20.7. The van der Waals surface area contributed by atoms with Gasteiger partial charge in [0.2, 0.25) is 0 Å². The second kappa shape index (κ2) is 14.2. The predicted octanol–water partition coefficient (Wildman–Crippen LogP) is 2.38. The highest BCUT2D eigenvalue weighted by molar-refractivity contribution is 14.0. The SMILES string of the molecule is CCN(CCNC(=NC)NCC(C(C)C)N1CCOCC1)C(=O)OC(C)(C)C.I. The van der Waals surface area contributed by atoms with Gasteiger partial charge in [-0.15, -0.1) is 24.0 Å². The van der Waals surface area contributed by atoms with Gasteiger partial charge in [0.05, 0.1) is 13.2 Å². The highest BCUT2D eigenvalue weighted by atomic mass is 127. The van der Waals surface area contributed by atoms with E-state index < -0.39 is 5.60 Å². The summed E-state index contributed by atoms with van der Waals surface area (Å²) < 4.78 is 10.9. The first-order chi connectivity index (χ1) is 13.2. The van der Waals surface area contributed by atoms with Gasteiger partial charge in [-0.2, -0.15) is 0 Å². The lowest BCUT2D eigenvalue weighted by molar-refractivity contribution is 0.00750. The molecule has 0 aliphatic carbocycles. The Labute approximate surface area is 194 Å². The van der Waals surface area contributed by atoms with E-state index in [4.69, 9.17) is 9.47 Å². The van der Waals surface area contributed by atoms with Gasteiger partial charge in [-0.25, -0.2) is 4.79 Å². The highest BCUT2D eigenvalue weighted by Crippen LogP contribution is 2.12. The van der Waals surface area contributed by atoms with Gasteiger partial charge in [0.1, 0.15) is 5.60 Å². The summed E-state index contributed by atoms with van der Waals surface area (Å²) in [5.41, 5.74) is -0.485. The first-order valence-corrected chi connectivity index (χ1v) is 10.4. The van der Waals surface area contributed by atoms with Gasteiger partial charge in [-0.1, -0.05) is 13.8 Å². The highest BCUT2D eigenvalue weighted by Gasteiger charge is 2.24. The number of amides is 1. The van der Waals surface area contributed by atoms with Gasteiger partial charge >= 0.3 is 6.09 Å². The molecule has 0 spiro atoms. The number of hydrogen-bond acceptors (Lipinski definition) is 5. The molecule has 9 heteroatoms. The van der Waals surface area contributed by atoms with Crippen LogP contribution >= 0.6 is 24.0 Å². The van der Waals surface area contributed by atoms with Crippen molar-refractivity contribution in [3.05, 3.63) is 0 Å². The molecule has 1 aliphatic heterocycles. The number of morpholine rings is 1. The molecule has 1 amide bonds. The number of halogens is 1. The van der Waals surface area contributed by atoms with Crippen LogP contribution in [0, 0.1) is 5.92 Å². The maximum atomic E-state index is 12.2. The third-order valence-corrected chi connectivity index (χ3v) is 4.69. The summed E-state index contributed by atoms with van der Waals surface area (Å²) in [6.07, 6.45) is -0.285. The molecule has 1 unspecified atom stereocenters. The van der Waals surface area contributed by atoms with Crippen LogP contribution in [0.2, 0.25) is 0 Å². The summed E-state index contributed by atoms with van der Waals surface area (Å²) in [6.45, 7) is 18.2. The lowest BCUT2D eigenvalue weighted by Crippen LogP contribution is -2.53. The fourth-order valence-electron chi connectivity index (χ4n) is 3.13. The van der Waals surface area contributed by atoms with Crippen molar-refractivity contribution < 1.29 is 14.3 Å². The van der Waals surface area contributed by atoms with Gasteiger partial charge in [-0.05, 0) is 33.6 Å². The maximum absolute atomic E-state index is 12.2. The number of nitrogens with one attached hydrogen (secondary N) is 2. The van der Waals surface area contributed by atoms with E-state index in [-0.39, 0.29) is 30.1 Å². The summed E-state index contributed by atoms with van der Waals surface area (Å²) in [5, 5.41) is 6.72. The summed E-state index contributed by atoms with van der Waals surface area (Å²) in [6, 6.07) is 0.427. The molecule has 0 aromatic rings. The Morgan fingerprint density at radius 1 is 1.24 bits per heavy atom. The van der Waals surface area contributed by atoms with E-state index in [2.05, 4.69) is 34.4 Å². The minimum atomic E-state index is -0.485. The van der Waals surface area contributed by atoms with Crippen molar-refractivity contribution in [2.45, 2.75) is 53.2 Å². The van der Waals surface area contributed by atoms with Crippen molar-refractivity contribution in [1.82, 2.24) is 20.4 Å². The summed E-state index contributed by atoms with van der Waals surface area (Å²) in [7, 11) is 1.76. The van der Waals surface area contributed by atoms with Crippen LogP contribution in [0.5, 0.6) is 0 Å². The largest absolute Gasteiger partial charge is 0.444 e. The first kappa shape index (κ1) is 28.2. The molecule has 1 heterocycles. The Bertz CT molecular complexity index is 491. The minimum absolute atomic E-state index is 0. The number of hydrogen-bond donors (Lipinski definition) is 2. The Hall–Kier alpha value is -0.810. The zero-order valence-electron chi connectivity index (χ0n) is 19.3. The predicted molar refractivity (Wildman–Crippen MR) is 129 cm³/mol. The molecule has 2 N–H and O–H groups in total. The molecule has 1 aliphatic rings. The van der Waals surface area contributed by atoms with Crippen LogP contribution in [0.25, 0.3) is 0 Å². The van der Waals surface area contributed by atoms with E-state index in [1.807, 2.05) is 27.7 Å². The number of carbonyl (C=O) groups is 1. The van der Waals surface area contributed by atoms with Crippen molar-refractivity contribution in [2.75, 3.05) is 59.5 Å². The standard InChI is InChI=1S/C20H41N5O3.HI/c1-8-24(19(26)28-20(4,5)6)10-9-22-18(21-7)23-15-17(16(2)3)25-11-13-27-14-12-25;/h16-17H,8-15H2,1-7H3,(H2,21,22,23);1H. The molecule has 0 radical (unpaired) electrons. The van der Waals surface area contributed by atoms with Gasteiger partial charge in [0.25, 0.3) is 0 Å². The van der Waals surface area contributed by atoms with Crippen molar-refractivity contribution >= 4 is 36.0 Å². The second-order valence-electron chi connectivity index (χ2n) is 8.40. The van der Waals surface area contributed by atoms with Crippen molar-refractivity contribution in [3.8, 4) is 0 Å². The maximum Gasteiger partial charge on any atom is 0.410 e. The molecule has 29 heavy (non-hydrogen) atoms. The molecular weight excluding hydrogens is 485 g/mol. The van der Waals surface area contributed by atoms with Crippen molar-refractivity contribution in [2.24, 2.45) is 10.9 Å². The zero-order chi connectivity index (χ0) is 21.2. The van der Waals surface area contributed by atoms with Gasteiger partial charge in [0, 0.05) is 52.4 Å². The van der Waals surface area contributed by atoms with Crippen LogP contribution in [0.15, 0.2) is 4.99 Å². The van der Waals surface area contributed by atoms with Crippen LogP contribution in [-0.4, -0.2) is 93.0 Å². The molecule has 1 fully saturated rings. The van der Waals surface area contributed by atoms with E-state index in [1.54, 1.807) is 11.9 Å². The molecule has 0 aromatic carbocycles. The van der Waals surface area contributed by atoms with E-state index in [1.165, 1.54) is 0 Å². The number of guanidine groups is 1. The third kappa shape index (κ3) is 11.2. The van der Waals surface area contributed by atoms with Gasteiger partial charge in [0.15, 0.2) is 5.96 Å².